The van der Waals surface area contributed by atoms with Gasteiger partial charge in [-0.2, -0.15) is 0 Å². The van der Waals surface area contributed by atoms with Gasteiger partial charge >= 0.3 is 0 Å². The predicted octanol–water partition coefficient (Wildman–Crippen LogP) is 5.62. The lowest BCUT2D eigenvalue weighted by Gasteiger charge is -1.98. The molecule has 0 aliphatic carbocycles. The van der Waals surface area contributed by atoms with E-state index in [-0.39, 0.29) is 0 Å². The molecule has 2 rings (SSSR count). The maximum atomic E-state index is 5.84. The Balaban J connectivity index is 1.83. The molecule has 0 aliphatic heterocycles. The van der Waals surface area contributed by atoms with Crippen LogP contribution in [0.15, 0.2) is 52.0 Å². The summed E-state index contributed by atoms with van der Waals surface area (Å²) in [5.74, 6) is 2.12. The molecule has 1 aromatic heterocycles. The average Bonchev–Trinajstić information content (AvgIpc) is 2.88. The topological polar surface area (TPSA) is 13.1 Å². The van der Waals surface area contributed by atoms with Crippen molar-refractivity contribution in [2.24, 2.45) is 0 Å². The monoisotopic (exact) mass is 260 g/mol. The van der Waals surface area contributed by atoms with Crippen LogP contribution in [0.4, 0.5) is 0 Å². The minimum Gasteiger partial charge on any atom is -0.450 e. The van der Waals surface area contributed by atoms with E-state index in [1.54, 1.807) is 0 Å². The van der Waals surface area contributed by atoms with Crippen LogP contribution in [0, 0.1) is 0 Å². The molecular weight excluding hydrogens is 240 g/mol. The van der Waals surface area contributed by atoms with Gasteiger partial charge in [0.25, 0.3) is 0 Å². The van der Waals surface area contributed by atoms with Crippen LogP contribution < -0.4 is 0 Å². The molecule has 0 aliphatic rings. The molecule has 0 fully saturated rings. The molecule has 0 amide bonds. The highest BCUT2D eigenvalue weighted by Crippen LogP contribution is 2.28. The Labute approximate surface area is 114 Å². The lowest BCUT2D eigenvalue weighted by molar-refractivity contribution is 0.487. The molecular formula is C16H20OS. The summed E-state index contributed by atoms with van der Waals surface area (Å²) >= 11 is 1.82. The van der Waals surface area contributed by atoms with Gasteiger partial charge in [0.2, 0.25) is 0 Å². The van der Waals surface area contributed by atoms with Crippen molar-refractivity contribution in [3.8, 4) is 11.3 Å². The summed E-state index contributed by atoms with van der Waals surface area (Å²) in [7, 11) is 0. The molecule has 1 aromatic carbocycles. The zero-order valence-corrected chi connectivity index (χ0v) is 11.7. The van der Waals surface area contributed by atoms with Gasteiger partial charge in [0.05, 0.1) is 0 Å². The minimum atomic E-state index is 0.964. The molecule has 0 saturated carbocycles. The van der Waals surface area contributed by atoms with Gasteiger partial charge in [-0.1, -0.05) is 68.3 Å². The average molecular weight is 260 g/mol. The highest BCUT2D eigenvalue weighted by Gasteiger charge is 2.04. The summed E-state index contributed by atoms with van der Waals surface area (Å²) in [6.07, 6.45) is 5.24. The van der Waals surface area contributed by atoms with Gasteiger partial charge in [0, 0.05) is 11.3 Å². The first-order valence-corrected chi connectivity index (χ1v) is 7.67. The van der Waals surface area contributed by atoms with Crippen LogP contribution in [0.25, 0.3) is 11.3 Å². The van der Waals surface area contributed by atoms with Gasteiger partial charge in [0.15, 0.2) is 5.09 Å². The molecule has 0 atom stereocenters. The maximum absolute atomic E-state index is 5.84. The summed E-state index contributed by atoms with van der Waals surface area (Å²) in [5.41, 5.74) is 1.15. The summed E-state index contributed by atoms with van der Waals surface area (Å²) in [4.78, 5) is 0. The fraction of sp³-hybridized carbons (Fsp3) is 0.375. The van der Waals surface area contributed by atoms with Crippen molar-refractivity contribution in [3.05, 3.63) is 42.5 Å². The SMILES string of the molecule is CCCCCCSc1ccc(-c2ccccc2)o1. The summed E-state index contributed by atoms with van der Waals surface area (Å²) in [5, 5.41) is 1.03. The van der Waals surface area contributed by atoms with Crippen molar-refractivity contribution in [3.63, 3.8) is 0 Å². The first-order chi connectivity index (χ1) is 8.90. The first kappa shape index (κ1) is 13.3. The number of thioether (sulfide) groups is 1. The number of hydrogen-bond acceptors (Lipinski definition) is 2. The van der Waals surface area contributed by atoms with E-state index < -0.39 is 0 Å². The van der Waals surface area contributed by atoms with E-state index in [2.05, 4.69) is 31.2 Å². The Hall–Kier alpha value is -1.15. The van der Waals surface area contributed by atoms with Crippen LogP contribution >= 0.6 is 11.8 Å². The van der Waals surface area contributed by atoms with Gasteiger partial charge in [-0.15, -0.1) is 0 Å². The third kappa shape index (κ3) is 3.95. The van der Waals surface area contributed by atoms with Crippen molar-refractivity contribution < 1.29 is 4.42 Å². The molecule has 0 N–H and O–H groups in total. The zero-order valence-electron chi connectivity index (χ0n) is 10.9. The van der Waals surface area contributed by atoms with Crippen molar-refractivity contribution in [2.75, 3.05) is 5.75 Å². The van der Waals surface area contributed by atoms with Crippen LogP contribution in [0.1, 0.15) is 32.6 Å². The summed E-state index contributed by atoms with van der Waals surface area (Å²) in [6, 6.07) is 14.4. The maximum Gasteiger partial charge on any atom is 0.160 e. The van der Waals surface area contributed by atoms with E-state index in [0.717, 1.165) is 22.2 Å². The van der Waals surface area contributed by atoms with E-state index in [9.17, 15) is 0 Å². The quantitative estimate of drug-likeness (QED) is 0.473. The molecule has 0 unspecified atom stereocenters. The molecule has 1 nitrogen and oxygen atoms in total. The highest BCUT2D eigenvalue weighted by atomic mass is 32.2. The fourth-order valence-corrected chi connectivity index (χ4v) is 2.72. The van der Waals surface area contributed by atoms with E-state index in [4.69, 9.17) is 4.42 Å². The molecule has 2 heteroatoms. The standard InChI is InChI=1S/C16H20OS/c1-2-3-4-8-13-18-16-12-11-15(17-16)14-9-6-5-7-10-14/h5-7,9-12H,2-4,8,13H2,1H3. The Morgan fingerprint density at radius 2 is 1.78 bits per heavy atom. The summed E-state index contributed by atoms with van der Waals surface area (Å²) in [6.45, 7) is 2.24. The van der Waals surface area contributed by atoms with Gasteiger partial charge in [-0.05, 0) is 18.6 Å². The molecule has 0 radical (unpaired) electrons. The van der Waals surface area contributed by atoms with Crippen molar-refractivity contribution >= 4 is 11.8 Å². The van der Waals surface area contributed by atoms with Crippen molar-refractivity contribution in [1.29, 1.82) is 0 Å². The van der Waals surface area contributed by atoms with Gasteiger partial charge in [-0.25, -0.2) is 0 Å². The minimum absolute atomic E-state index is 0.964. The van der Waals surface area contributed by atoms with Crippen LogP contribution in [0.5, 0.6) is 0 Å². The highest BCUT2D eigenvalue weighted by molar-refractivity contribution is 7.99. The van der Waals surface area contributed by atoms with Crippen molar-refractivity contribution in [1.82, 2.24) is 0 Å². The Kier molecular flexibility index (Phi) is 5.40. The molecule has 0 spiro atoms. The van der Waals surface area contributed by atoms with Crippen LogP contribution in [-0.2, 0) is 0 Å². The van der Waals surface area contributed by atoms with Crippen LogP contribution in [0.3, 0.4) is 0 Å². The van der Waals surface area contributed by atoms with Crippen LogP contribution in [0.2, 0.25) is 0 Å². The molecule has 1 heterocycles. The second-order valence-electron chi connectivity index (χ2n) is 4.39. The fourth-order valence-electron chi connectivity index (χ4n) is 1.86. The van der Waals surface area contributed by atoms with Gasteiger partial charge in [0.1, 0.15) is 5.76 Å². The van der Waals surface area contributed by atoms with E-state index in [1.807, 2.05) is 30.0 Å². The normalized spacial score (nSPS) is 10.7. The Bertz CT molecular complexity index is 447. The van der Waals surface area contributed by atoms with Crippen molar-refractivity contribution in [2.45, 2.75) is 37.7 Å². The molecule has 0 saturated heterocycles. The lowest BCUT2D eigenvalue weighted by atomic mass is 10.2. The van der Waals surface area contributed by atoms with Gasteiger partial charge < -0.3 is 4.42 Å². The predicted molar refractivity (Wildman–Crippen MR) is 79.0 cm³/mol. The summed E-state index contributed by atoms with van der Waals surface area (Å²) < 4.78 is 5.84. The Morgan fingerprint density at radius 3 is 2.56 bits per heavy atom. The lowest BCUT2D eigenvalue weighted by Crippen LogP contribution is -1.79. The number of unbranched alkanes of at least 4 members (excludes halogenated alkanes) is 3. The van der Waals surface area contributed by atoms with Gasteiger partial charge in [-0.3, -0.25) is 0 Å². The number of furan rings is 1. The van der Waals surface area contributed by atoms with E-state index in [0.29, 0.717) is 0 Å². The zero-order chi connectivity index (χ0) is 12.6. The van der Waals surface area contributed by atoms with Crippen LogP contribution in [-0.4, -0.2) is 5.75 Å². The number of benzene rings is 1. The smallest absolute Gasteiger partial charge is 0.160 e. The van der Waals surface area contributed by atoms with E-state index in [1.165, 1.54) is 25.7 Å². The second kappa shape index (κ2) is 7.32. The third-order valence-corrected chi connectivity index (χ3v) is 3.88. The second-order valence-corrected chi connectivity index (χ2v) is 5.49. The number of rotatable bonds is 7. The molecule has 2 aromatic rings. The number of hydrogen-bond donors (Lipinski definition) is 0. The Morgan fingerprint density at radius 1 is 0.944 bits per heavy atom. The molecule has 0 bridgehead atoms. The third-order valence-electron chi connectivity index (χ3n) is 2.88. The van der Waals surface area contributed by atoms with E-state index >= 15 is 0 Å². The molecule has 18 heavy (non-hydrogen) atoms. The first-order valence-electron chi connectivity index (χ1n) is 6.68. The molecule has 96 valence electrons. The largest absolute Gasteiger partial charge is 0.450 e.